The highest BCUT2D eigenvalue weighted by Crippen LogP contribution is 2.37. The van der Waals surface area contributed by atoms with E-state index in [4.69, 9.17) is 9.47 Å². The molecule has 0 N–H and O–H groups in total. The molecule has 1 aromatic carbocycles. The summed E-state index contributed by atoms with van der Waals surface area (Å²) in [6.07, 6.45) is 3.11. The third-order valence-corrected chi connectivity index (χ3v) is 5.84. The monoisotopic (exact) mass is 438 g/mol. The van der Waals surface area contributed by atoms with Crippen molar-refractivity contribution in [1.82, 2.24) is 29.5 Å². The Morgan fingerprint density at radius 2 is 1.94 bits per heavy atom. The molecule has 3 aromatic rings. The molecule has 0 aliphatic carbocycles. The number of carbonyl (C=O) groups excluding carboxylic acids is 1. The summed E-state index contributed by atoms with van der Waals surface area (Å²) in [6, 6.07) is 3.64. The molecule has 0 radical (unpaired) electrons. The molecule has 0 saturated carbocycles. The zero-order chi connectivity index (χ0) is 23.0. The van der Waals surface area contributed by atoms with Crippen molar-refractivity contribution in [3.8, 4) is 22.8 Å². The average Bonchev–Trinajstić information content (AvgIpc) is 3.14. The molecule has 1 fully saturated rings. The number of hydrogen-bond acceptors (Lipinski definition) is 7. The van der Waals surface area contributed by atoms with Crippen molar-refractivity contribution in [3.63, 3.8) is 0 Å². The number of benzene rings is 1. The molecule has 0 spiro atoms. The number of aromatic nitrogens is 4. The maximum Gasteiger partial charge on any atom is 0.415 e. The summed E-state index contributed by atoms with van der Waals surface area (Å²) in [6.45, 7) is 8.46. The van der Waals surface area contributed by atoms with Crippen LogP contribution in [0.5, 0.6) is 11.5 Å². The third-order valence-electron chi connectivity index (χ3n) is 5.84. The van der Waals surface area contributed by atoms with Gasteiger partial charge >= 0.3 is 6.09 Å². The molecular formula is C23H30N6O3. The summed E-state index contributed by atoms with van der Waals surface area (Å²) < 4.78 is 13.1. The summed E-state index contributed by atoms with van der Waals surface area (Å²) >= 11 is 0. The molecule has 1 amide bonds. The highest BCUT2D eigenvalue weighted by atomic mass is 16.6. The number of piperazine rings is 1. The minimum Gasteiger partial charge on any atom is -0.493 e. The molecular weight excluding hydrogens is 408 g/mol. The summed E-state index contributed by atoms with van der Waals surface area (Å²) in [5, 5.41) is 5.38. The minimum atomic E-state index is -0.383. The molecule has 0 unspecified atom stereocenters. The van der Waals surface area contributed by atoms with E-state index in [-0.39, 0.29) is 18.1 Å². The SMILES string of the molecule is COc1cc2ncnc(-c3cn(C)nc3C(C)C)c2cc1OC(=O)N1CCN(C)C[C@@H]1C. The van der Waals surface area contributed by atoms with E-state index in [1.54, 1.807) is 28.8 Å². The molecule has 1 atom stereocenters. The van der Waals surface area contributed by atoms with Gasteiger partial charge in [0.05, 0.1) is 24.0 Å². The number of nitrogens with zero attached hydrogens (tertiary/aromatic N) is 6. The first-order valence-electron chi connectivity index (χ1n) is 10.8. The summed E-state index contributed by atoms with van der Waals surface area (Å²) in [5.41, 5.74) is 3.34. The molecule has 1 aliphatic rings. The van der Waals surface area contributed by atoms with Gasteiger partial charge in [-0.25, -0.2) is 14.8 Å². The third kappa shape index (κ3) is 4.12. The van der Waals surface area contributed by atoms with Crippen LogP contribution in [0.3, 0.4) is 0 Å². The fourth-order valence-corrected chi connectivity index (χ4v) is 4.20. The summed E-state index contributed by atoms with van der Waals surface area (Å²) in [7, 11) is 5.50. The number of ether oxygens (including phenoxy) is 2. The quantitative estimate of drug-likeness (QED) is 0.618. The molecule has 9 nitrogen and oxygen atoms in total. The largest absolute Gasteiger partial charge is 0.493 e. The molecule has 1 aliphatic heterocycles. The van der Waals surface area contributed by atoms with Gasteiger partial charge in [0.25, 0.3) is 0 Å². The Morgan fingerprint density at radius 3 is 2.62 bits per heavy atom. The topological polar surface area (TPSA) is 85.6 Å². The zero-order valence-electron chi connectivity index (χ0n) is 19.5. The predicted molar refractivity (Wildman–Crippen MR) is 122 cm³/mol. The number of likely N-dealkylation sites (N-methyl/N-ethyl adjacent to an activating group) is 1. The first-order chi connectivity index (χ1) is 15.3. The maximum absolute atomic E-state index is 13.0. The smallest absolute Gasteiger partial charge is 0.415 e. The van der Waals surface area contributed by atoms with Gasteiger partial charge in [0.1, 0.15) is 6.33 Å². The standard InChI is InChI=1S/C23H30N6O3/c1-14(2)21-17(12-28(5)26-21)22-16-9-20(19(31-6)10-18(16)24-13-25-22)32-23(30)29-8-7-27(4)11-15(29)3/h9-10,12-15H,7-8,11H2,1-6H3/t15-/m0/s1. The number of methoxy groups -OCH3 is 1. The number of amides is 1. The number of hydrogen-bond donors (Lipinski definition) is 0. The van der Waals surface area contributed by atoms with Crippen LogP contribution in [0.15, 0.2) is 24.7 Å². The number of aryl methyl sites for hydroxylation is 1. The summed E-state index contributed by atoms with van der Waals surface area (Å²) in [4.78, 5) is 25.9. The van der Waals surface area contributed by atoms with Gasteiger partial charge in [0.15, 0.2) is 11.5 Å². The Bertz CT molecular complexity index is 1140. The van der Waals surface area contributed by atoms with E-state index in [2.05, 4.69) is 40.9 Å². The number of rotatable bonds is 4. The molecule has 2 aromatic heterocycles. The van der Waals surface area contributed by atoms with Crippen LogP contribution in [0, 0.1) is 0 Å². The molecule has 170 valence electrons. The van der Waals surface area contributed by atoms with E-state index in [0.717, 1.165) is 35.4 Å². The van der Waals surface area contributed by atoms with Crippen LogP contribution in [0.25, 0.3) is 22.2 Å². The summed E-state index contributed by atoms with van der Waals surface area (Å²) in [5.74, 6) is 1.03. The van der Waals surface area contributed by atoms with Crippen molar-refractivity contribution in [2.45, 2.75) is 32.7 Å². The Labute approximate surface area is 187 Å². The van der Waals surface area contributed by atoms with Gasteiger partial charge in [-0.3, -0.25) is 4.68 Å². The van der Waals surface area contributed by atoms with E-state index in [0.29, 0.717) is 23.6 Å². The fraction of sp³-hybridized carbons (Fsp3) is 0.478. The van der Waals surface area contributed by atoms with Crippen LogP contribution in [0.4, 0.5) is 4.79 Å². The van der Waals surface area contributed by atoms with Gasteiger partial charge in [0.2, 0.25) is 0 Å². The lowest BCUT2D eigenvalue weighted by Crippen LogP contribution is -2.53. The van der Waals surface area contributed by atoms with Crippen molar-refractivity contribution >= 4 is 17.0 Å². The van der Waals surface area contributed by atoms with Gasteiger partial charge < -0.3 is 19.3 Å². The predicted octanol–water partition coefficient (Wildman–Crippen LogP) is 3.30. The normalized spacial score (nSPS) is 17.2. The Kier molecular flexibility index (Phi) is 6.01. The second kappa shape index (κ2) is 8.74. The minimum absolute atomic E-state index is 0.0654. The molecule has 3 heterocycles. The molecule has 1 saturated heterocycles. The van der Waals surface area contributed by atoms with Crippen molar-refractivity contribution in [1.29, 1.82) is 0 Å². The van der Waals surface area contributed by atoms with E-state index < -0.39 is 0 Å². The Hall–Kier alpha value is -3.20. The number of carbonyl (C=O) groups is 1. The van der Waals surface area contributed by atoms with Gasteiger partial charge in [-0.15, -0.1) is 0 Å². The van der Waals surface area contributed by atoms with Crippen LogP contribution >= 0.6 is 0 Å². The average molecular weight is 439 g/mol. The second-order valence-corrected chi connectivity index (χ2v) is 8.67. The van der Waals surface area contributed by atoms with Gasteiger partial charge in [-0.1, -0.05) is 13.8 Å². The maximum atomic E-state index is 13.0. The fourth-order valence-electron chi connectivity index (χ4n) is 4.20. The van der Waals surface area contributed by atoms with Gasteiger partial charge in [0, 0.05) is 55.9 Å². The van der Waals surface area contributed by atoms with E-state index in [9.17, 15) is 4.79 Å². The second-order valence-electron chi connectivity index (χ2n) is 8.67. The number of fused-ring (bicyclic) bond motifs is 1. The lowest BCUT2D eigenvalue weighted by atomic mass is 10.0. The Morgan fingerprint density at radius 1 is 1.16 bits per heavy atom. The van der Waals surface area contributed by atoms with Crippen molar-refractivity contribution < 1.29 is 14.3 Å². The highest BCUT2D eigenvalue weighted by Gasteiger charge is 2.28. The lowest BCUT2D eigenvalue weighted by molar-refractivity contribution is 0.0886. The zero-order valence-corrected chi connectivity index (χ0v) is 19.5. The van der Waals surface area contributed by atoms with Crippen LogP contribution in [-0.4, -0.2) is 75.5 Å². The molecule has 9 heteroatoms. The first-order valence-corrected chi connectivity index (χ1v) is 10.8. The molecule has 32 heavy (non-hydrogen) atoms. The van der Waals surface area contributed by atoms with Crippen molar-refractivity contribution in [2.24, 2.45) is 7.05 Å². The van der Waals surface area contributed by atoms with Crippen LogP contribution < -0.4 is 9.47 Å². The van der Waals surface area contributed by atoms with Gasteiger partial charge in [-0.2, -0.15) is 5.10 Å². The highest BCUT2D eigenvalue weighted by molar-refractivity contribution is 5.95. The first kappa shape index (κ1) is 22.0. The van der Waals surface area contributed by atoms with E-state index in [1.165, 1.54) is 6.33 Å². The Balaban J connectivity index is 1.76. The van der Waals surface area contributed by atoms with Crippen LogP contribution in [0.1, 0.15) is 32.4 Å². The van der Waals surface area contributed by atoms with Crippen LogP contribution in [-0.2, 0) is 7.05 Å². The molecule has 4 rings (SSSR count). The van der Waals surface area contributed by atoms with Crippen molar-refractivity contribution in [2.75, 3.05) is 33.8 Å². The lowest BCUT2D eigenvalue weighted by Gasteiger charge is -2.37. The van der Waals surface area contributed by atoms with Gasteiger partial charge in [-0.05, 0) is 26.0 Å². The van der Waals surface area contributed by atoms with E-state index >= 15 is 0 Å². The molecule has 0 bridgehead atoms. The van der Waals surface area contributed by atoms with Crippen molar-refractivity contribution in [3.05, 3.63) is 30.4 Å². The van der Waals surface area contributed by atoms with Crippen LogP contribution in [0.2, 0.25) is 0 Å². The van der Waals surface area contributed by atoms with E-state index in [1.807, 2.05) is 20.2 Å².